The molecular weight excluding hydrogens is 226 g/mol. The van der Waals surface area contributed by atoms with Gasteiger partial charge in [-0.3, -0.25) is 4.40 Å². The first-order valence-corrected chi connectivity index (χ1v) is 6.36. The molecule has 0 radical (unpaired) electrons. The number of aromatic nitrogens is 4. The van der Waals surface area contributed by atoms with Crippen LogP contribution >= 0.6 is 0 Å². The first-order valence-electron chi connectivity index (χ1n) is 6.36. The Balaban J connectivity index is 1.88. The molecule has 0 spiro atoms. The van der Waals surface area contributed by atoms with Gasteiger partial charge in [-0.05, 0) is 31.4 Å². The van der Waals surface area contributed by atoms with E-state index in [1.165, 1.54) is 18.5 Å². The topological polar surface area (TPSA) is 72.0 Å². The maximum Gasteiger partial charge on any atom is 0.156 e. The number of aromatic amines is 1. The van der Waals surface area contributed by atoms with Crippen molar-refractivity contribution in [3.05, 3.63) is 30.4 Å². The van der Waals surface area contributed by atoms with Gasteiger partial charge in [-0.25, -0.2) is 9.97 Å². The number of rotatable bonds is 2. The Labute approximate surface area is 104 Å². The van der Waals surface area contributed by atoms with Crippen LogP contribution in [-0.4, -0.2) is 25.9 Å². The molecule has 4 rings (SSSR count). The zero-order valence-corrected chi connectivity index (χ0v) is 10.0. The molecule has 5 nitrogen and oxygen atoms in total. The Morgan fingerprint density at radius 1 is 1.33 bits per heavy atom. The van der Waals surface area contributed by atoms with Crippen LogP contribution in [0.3, 0.4) is 0 Å². The number of hydrogen-bond donors (Lipinski definition) is 2. The summed E-state index contributed by atoms with van der Waals surface area (Å²) in [6.45, 7) is 0.800. The summed E-state index contributed by atoms with van der Waals surface area (Å²) in [5.41, 5.74) is 9.94. The minimum Gasteiger partial charge on any atom is -0.345 e. The second-order valence-electron chi connectivity index (χ2n) is 5.12. The van der Waals surface area contributed by atoms with E-state index in [-0.39, 0.29) is 0 Å². The minimum absolute atomic E-state index is 0.592. The van der Waals surface area contributed by atoms with E-state index in [9.17, 15) is 0 Å². The summed E-state index contributed by atoms with van der Waals surface area (Å²) in [5, 5.41) is 0. The van der Waals surface area contributed by atoms with E-state index in [4.69, 9.17) is 5.73 Å². The Kier molecular flexibility index (Phi) is 1.99. The molecule has 0 aromatic carbocycles. The van der Waals surface area contributed by atoms with Gasteiger partial charge >= 0.3 is 0 Å². The van der Waals surface area contributed by atoms with E-state index in [1.54, 1.807) is 0 Å². The lowest BCUT2D eigenvalue weighted by Gasteiger charge is -2.34. The zero-order chi connectivity index (χ0) is 12.1. The van der Waals surface area contributed by atoms with Gasteiger partial charge in [-0.2, -0.15) is 0 Å². The molecule has 0 unspecified atom stereocenters. The Hall–Kier alpha value is -1.88. The van der Waals surface area contributed by atoms with Gasteiger partial charge in [-0.15, -0.1) is 0 Å². The van der Waals surface area contributed by atoms with E-state index in [0.29, 0.717) is 11.8 Å². The highest BCUT2D eigenvalue weighted by Crippen LogP contribution is 2.41. The van der Waals surface area contributed by atoms with Crippen LogP contribution in [0.4, 0.5) is 0 Å². The van der Waals surface area contributed by atoms with E-state index < -0.39 is 0 Å². The van der Waals surface area contributed by atoms with Crippen molar-refractivity contribution in [3.8, 4) is 0 Å². The van der Waals surface area contributed by atoms with Gasteiger partial charge < -0.3 is 10.7 Å². The molecule has 92 valence electrons. The smallest absolute Gasteiger partial charge is 0.156 e. The third-order valence-corrected chi connectivity index (χ3v) is 4.06. The largest absolute Gasteiger partial charge is 0.345 e. The molecule has 1 aliphatic carbocycles. The summed E-state index contributed by atoms with van der Waals surface area (Å²) >= 11 is 0. The molecule has 18 heavy (non-hydrogen) atoms. The van der Waals surface area contributed by atoms with Crippen molar-refractivity contribution in [3.63, 3.8) is 0 Å². The SMILES string of the molecule is NCC1CC(c2cnc3cnc4[nH]ccc4n23)C1. The third-order valence-electron chi connectivity index (χ3n) is 4.06. The highest BCUT2D eigenvalue weighted by molar-refractivity contribution is 5.74. The Bertz CT molecular complexity index is 704. The fraction of sp³-hybridized carbons (Fsp3) is 0.385. The highest BCUT2D eigenvalue weighted by atomic mass is 15.1. The Morgan fingerprint density at radius 2 is 2.22 bits per heavy atom. The van der Waals surface area contributed by atoms with Crippen LogP contribution < -0.4 is 5.73 Å². The molecule has 1 saturated carbocycles. The number of H-pyrrole nitrogens is 1. The monoisotopic (exact) mass is 241 g/mol. The van der Waals surface area contributed by atoms with Crippen LogP contribution in [0.1, 0.15) is 24.5 Å². The fourth-order valence-electron chi connectivity index (χ4n) is 2.95. The third kappa shape index (κ3) is 1.25. The lowest BCUT2D eigenvalue weighted by Crippen LogP contribution is -2.29. The molecule has 0 amide bonds. The quantitative estimate of drug-likeness (QED) is 0.716. The molecule has 1 aliphatic rings. The van der Waals surface area contributed by atoms with Crippen LogP contribution in [0.25, 0.3) is 16.8 Å². The molecule has 1 fully saturated rings. The van der Waals surface area contributed by atoms with Crippen molar-refractivity contribution in [1.82, 2.24) is 19.4 Å². The van der Waals surface area contributed by atoms with Crippen molar-refractivity contribution in [2.24, 2.45) is 11.7 Å². The van der Waals surface area contributed by atoms with Crippen LogP contribution in [0.2, 0.25) is 0 Å². The van der Waals surface area contributed by atoms with Gasteiger partial charge in [0, 0.05) is 24.0 Å². The highest BCUT2D eigenvalue weighted by Gasteiger charge is 2.31. The summed E-state index contributed by atoms with van der Waals surface area (Å²) < 4.78 is 2.22. The molecule has 0 aliphatic heterocycles. The van der Waals surface area contributed by atoms with Crippen molar-refractivity contribution in [2.75, 3.05) is 6.54 Å². The van der Waals surface area contributed by atoms with Gasteiger partial charge in [-0.1, -0.05) is 0 Å². The standard InChI is InChI=1S/C13H15N5/c14-5-8-3-9(4-8)11-6-16-12-7-17-13-10(18(11)12)1-2-15-13/h1-2,6-9,15H,3-5,14H2. The normalized spacial score (nSPS) is 23.6. The van der Waals surface area contributed by atoms with Crippen LogP contribution in [-0.2, 0) is 0 Å². The van der Waals surface area contributed by atoms with Crippen LogP contribution in [0.5, 0.6) is 0 Å². The second kappa shape index (κ2) is 3.55. The van der Waals surface area contributed by atoms with Gasteiger partial charge in [0.05, 0.1) is 11.7 Å². The average Bonchev–Trinajstić information content (AvgIpc) is 2.92. The van der Waals surface area contributed by atoms with E-state index in [2.05, 4.69) is 25.4 Å². The maximum absolute atomic E-state index is 5.70. The fourth-order valence-corrected chi connectivity index (χ4v) is 2.95. The molecule has 0 saturated heterocycles. The predicted molar refractivity (Wildman–Crippen MR) is 69.4 cm³/mol. The van der Waals surface area contributed by atoms with Gasteiger partial charge in [0.2, 0.25) is 0 Å². The van der Waals surface area contributed by atoms with Crippen molar-refractivity contribution >= 4 is 16.8 Å². The number of nitrogens with zero attached hydrogens (tertiary/aromatic N) is 3. The van der Waals surface area contributed by atoms with Crippen LogP contribution in [0, 0.1) is 5.92 Å². The number of fused-ring (bicyclic) bond motifs is 3. The summed E-state index contributed by atoms with van der Waals surface area (Å²) in [6, 6.07) is 2.06. The summed E-state index contributed by atoms with van der Waals surface area (Å²) in [4.78, 5) is 12.0. The first-order chi connectivity index (χ1) is 8.86. The summed E-state index contributed by atoms with van der Waals surface area (Å²) in [5.74, 6) is 1.28. The lowest BCUT2D eigenvalue weighted by atomic mass is 9.73. The number of imidazole rings is 1. The second-order valence-corrected chi connectivity index (χ2v) is 5.12. The molecule has 0 atom stereocenters. The average molecular weight is 241 g/mol. The summed E-state index contributed by atoms with van der Waals surface area (Å²) in [7, 11) is 0. The molecule has 0 bridgehead atoms. The van der Waals surface area contributed by atoms with Crippen molar-refractivity contribution in [2.45, 2.75) is 18.8 Å². The van der Waals surface area contributed by atoms with Crippen molar-refractivity contribution in [1.29, 1.82) is 0 Å². The molecule has 3 heterocycles. The van der Waals surface area contributed by atoms with Gasteiger partial charge in [0.1, 0.15) is 0 Å². The number of hydrogen-bond acceptors (Lipinski definition) is 3. The molecule has 5 heteroatoms. The van der Waals surface area contributed by atoms with E-state index in [1.807, 2.05) is 18.6 Å². The number of nitrogens with two attached hydrogens (primary N) is 1. The molecule has 3 N–H and O–H groups in total. The Morgan fingerprint density at radius 3 is 3.06 bits per heavy atom. The molecule has 3 aromatic heterocycles. The van der Waals surface area contributed by atoms with Gasteiger partial charge in [0.25, 0.3) is 0 Å². The summed E-state index contributed by atoms with van der Waals surface area (Å²) in [6.07, 6.45) is 8.09. The van der Waals surface area contributed by atoms with Crippen LogP contribution in [0.15, 0.2) is 24.7 Å². The lowest BCUT2D eigenvalue weighted by molar-refractivity contribution is 0.267. The molecular formula is C13H15N5. The zero-order valence-electron chi connectivity index (χ0n) is 10.0. The number of nitrogens with one attached hydrogen (secondary N) is 1. The molecule has 3 aromatic rings. The van der Waals surface area contributed by atoms with Crippen molar-refractivity contribution < 1.29 is 0 Å². The van der Waals surface area contributed by atoms with Gasteiger partial charge in [0.15, 0.2) is 11.3 Å². The maximum atomic E-state index is 5.70. The van der Waals surface area contributed by atoms with E-state index >= 15 is 0 Å². The first kappa shape index (κ1) is 10.1. The minimum atomic E-state index is 0.592. The van der Waals surface area contributed by atoms with E-state index in [0.717, 1.165) is 23.4 Å². The predicted octanol–water partition coefficient (Wildman–Crippen LogP) is 1.66.